The van der Waals surface area contributed by atoms with Crippen LogP contribution in [0, 0.1) is 5.82 Å². The monoisotopic (exact) mass is 397 g/mol. The zero-order valence-electron chi connectivity index (χ0n) is 16.8. The molecule has 2 saturated heterocycles. The summed E-state index contributed by atoms with van der Waals surface area (Å²) in [7, 11) is 1.65. The van der Waals surface area contributed by atoms with Gasteiger partial charge in [0, 0.05) is 24.2 Å². The van der Waals surface area contributed by atoms with Gasteiger partial charge in [0.2, 0.25) is 0 Å². The summed E-state index contributed by atoms with van der Waals surface area (Å²) in [4.78, 5) is 2.48. The normalized spacial score (nSPS) is 26.3. The first-order chi connectivity index (χ1) is 14.0. The summed E-state index contributed by atoms with van der Waals surface area (Å²) >= 11 is 0. The Kier molecular flexibility index (Phi) is 5.61. The third kappa shape index (κ3) is 3.89. The second kappa shape index (κ2) is 8.17. The second-order valence-electron chi connectivity index (χ2n) is 8.05. The molecule has 2 aliphatic heterocycles. The molecule has 0 saturated carbocycles. The number of nitrogens with zero attached hydrogens (tertiary/aromatic N) is 1. The van der Waals surface area contributed by atoms with E-state index in [1.807, 2.05) is 12.1 Å². The first kappa shape index (κ1) is 19.9. The molecule has 2 aliphatic rings. The molecule has 2 atom stereocenters. The standard InChI is InChI=1S/C24H28FNO3/c1-3-13-29-23-17(5-4-6-22(23)28-2)16-26-20-11-12-21(26)15-24(27,14-20)18-7-9-19(25)10-8-18/h3-10,20-21,27H,1,11-16H2,2H3. The molecule has 0 aromatic heterocycles. The number of hydrogen-bond acceptors (Lipinski definition) is 4. The zero-order chi connectivity index (χ0) is 20.4. The number of hydrogen-bond donors (Lipinski definition) is 1. The van der Waals surface area contributed by atoms with Crippen molar-refractivity contribution in [3.05, 3.63) is 72.1 Å². The molecule has 4 nitrogen and oxygen atoms in total. The van der Waals surface area contributed by atoms with Crippen molar-refractivity contribution >= 4 is 0 Å². The van der Waals surface area contributed by atoms with Crippen LogP contribution in [0.2, 0.25) is 0 Å². The Labute approximate surface area is 171 Å². The molecule has 2 unspecified atom stereocenters. The summed E-state index contributed by atoms with van der Waals surface area (Å²) in [6.07, 6.45) is 5.15. The van der Waals surface area contributed by atoms with Gasteiger partial charge >= 0.3 is 0 Å². The van der Waals surface area contributed by atoms with Crippen molar-refractivity contribution in [2.75, 3.05) is 13.7 Å². The fourth-order valence-electron chi connectivity index (χ4n) is 4.92. The molecule has 2 aromatic rings. The lowest BCUT2D eigenvalue weighted by atomic mass is 9.80. The molecule has 0 spiro atoms. The predicted octanol–water partition coefficient (Wildman–Crippen LogP) is 4.41. The maximum atomic E-state index is 13.3. The van der Waals surface area contributed by atoms with Gasteiger partial charge in [0.1, 0.15) is 12.4 Å². The fraction of sp³-hybridized carbons (Fsp3) is 0.417. The van der Waals surface area contributed by atoms with E-state index in [0.29, 0.717) is 19.4 Å². The number of benzene rings is 2. The van der Waals surface area contributed by atoms with Gasteiger partial charge in [-0.05, 0) is 49.4 Å². The Morgan fingerprint density at radius 3 is 2.48 bits per heavy atom. The highest BCUT2D eigenvalue weighted by Gasteiger charge is 2.48. The molecule has 0 amide bonds. The molecule has 4 rings (SSSR count). The van der Waals surface area contributed by atoms with Gasteiger partial charge < -0.3 is 14.6 Å². The maximum absolute atomic E-state index is 13.3. The zero-order valence-corrected chi connectivity index (χ0v) is 16.8. The van der Waals surface area contributed by atoms with Gasteiger partial charge in [0.05, 0.1) is 12.7 Å². The van der Waals surface area contributed by atoms with E-state index in [-0.39, 0.29) is 17.9 Å². The van der Waals surface area contributed by atoms with Crippen LogP contribution in [0.4, 0.5) is 4.39 Å². The topological polar surface area (TPSA) is 41.9 Å². The van der Waals surface area contributed by atoms with Gasteiger partial charge in [0.25, 0.3) is 0 Å². The number of fused-ring (bicyclic) bond motifs is 2. The molecule has 5 heteroatoms. The summed E-state index contributed by atoms with van der Waals surface area (Å²) in [5.41, 5.74) is 0.995. The van der Waals surface area contributed by atoms with Gasteiger partial charge in [0.15, 0.2) is 11.5 Å². The van der Waals surface area contributed by atoms with Crippen LogP contribution in [0.15, 0.2) is 55.1 Å². The van der Waals surface area contributed by atoms with E-state index in [1.165, 1.54) is 12.1 Å². The third-order valence-corrected chi connectivity index (χ3v) is 6.28. The molecule has 0 radical (unpaired) electrons. The Balaban J connectivity index is 1.55. The SMILES string of the molecule is C=CCOc1c(CN2C3CCC2CC(O)(c2ccc(F)cc2)C3)cccc1OC. The summed E-state index contributed by atoms with van der Waals surface area (Å²) in [6, 6.07) is 12.8. The van der Waals surface area contributed by atoms with Crippen molar-refractivity contribution in [1.82, 2.24) is 4.90 Å². The van der Waals surface area contributed by atoms with E-state index < -0.39 is 5.60 Å². The molecule has 1 N–H and O–H groups in total. The summed E-state index contributed by atoms with van der Waals surface area (Å²) < 4.78 is 24.7. The molecular formula is C24H28FNO3. The highest BCUT2D eigenvalue weighted by molar-refractivity contribution is 5.47. The van der Waals surface area contributed by atoms with Crippen LogP contribution in [0.1, 0.15) is 36.8 Å². The minimum atomic E-state index is -0.896. The molecule has 2 aromatic carbocycles. The average molecular weight is 397 g/mol. The number of ether oxygens (including phenoxy) is 2. The van der Waals surface area contributed by atoms with Gasteiger partial charge in [-0.25, -0.2) is 4.39 Å². The minimum Gasteiger partial charge on any atom is -0.493 e. The lowest BCUT2D eigenvalue weighted by molar-refractivity contribution is -0.0596. The predicted molar refractivity (Wildman–Crippen MR) is 111 cm³/mol. The molecule has 2 heterocycles. The third-order valence-electron chi connectivity index (χ3n) is 6.28. The van der Waals surface area contributed by atoms with Gasteiger partial charge in [-0.3, -0.25) is 4.90 Å². The summed E-state index contributed by atoms with van der Waals surface area (Å²) in [5.74, 6) is 1.20. The Morgan fingerprint density at radius 1 is 1.17 bits per heavy atom. The van der Waals surface area contributed by atoms with Crippen molar-refractivity contribution in [2.24, 2.45) is 0 Å². The Morgan fingerprint density at radius 2 is 1.86 bits per heavy atom. The molecule has 2 fully saturated rings. The van der Waals surface area contributed by atoms with E-state index in [9.17, 15) is 9.50 Å². The number of rotatable bonds is 7. The lowest BCUT2D eigenvalue weighted by Gasteiger charge is -2.44. The van der Waals surface area contributed by atoms with Crippen LogP contribution in [0.3, 0.4) is 0 Å². The lowest BCUT2D eigenvalue weighted by Crippen LogP contribution is -2.49. The second-order valence-corrected chi connectivity index (χ2v) is 8.05. The van der Waals surface area contributed by atoms with E-state index >= 15 is 0 Å². The highest BCUT2D eigenvalue weighted by Crippen LogP contribution is 2.47. The highest BCUT2D eigenvalue weighted by atomic mass is 19.1. The number of halogens is 1. The van der Waals surface area contributed by atoms with Crippen molar-refractivity contribution in [1.29, 1.82) is 0 Å². The molecular weight excluding hydrogens is 369 g/mol. The van der Waals surface area contributed by atoms with Crippen LogP contribution in [0.25, 0.3) is 0 Å². The van der Waals surface area contributed by atoms with Crippen LogP contribution in [-0.4, -0.2) is 35.8 Å². The van der Waals surface area contributed by atoms with E-state index in [0.717, 1.165) is 42.0 Å². The van der Waals surface area contributed by atoms with Crippen LogP contribution < -0.4 is 9.47 Å². The molecule has 0 aliphatic carbocycles. The Bertz CT molecular complexity index is 853. The van der Waals surface area contributed by atoms with Crippen molar-refractivity contribution < 1.29 is 19.0 Å². The smallest absolute Gasteiger partial charge is 0.166 e. The quantitative estimate of drug-likeness (QED) is 0.703. The van der Waals surface area contributed by atoms with Gasteiger partial charge in [-0.2, -0.15) is 0 Å². The van der Waals surface area contributed by atoms with Crippen molar-refractivity contribution in [3.8, 4) is 11.5 Å². The average Bonchev–Trinajstić information content (AvgIpc) is 2.96. The van der Waals surface area contributed by atoms with Gasteiger partial charge in [-0.1, -0.05) is 36.9 Å². The van der Waals surface area contributed by atoms with Crippen LogP contribution in [0.5, 0.6) is 11.5 Å². The number of piperidine rings is 1. The summed E-state index contributed by atoms with van der Waals surface area (Å²) in [5, 5.41) is 11.3. The van der Waals surface area contributed by atoms with Crippen LogP contribution in [-0.2, 0) is 12.1 Å². The van der Waals surface area contributed by atoms with E-state index in [1.54, 1.807) is 25.3 Å². The molecule has 29 heavy (non-hydrogen) atoms. The van der Waals surface area contributed by atoms with Crippen LogP contribution >= 0.6 is 0 Å². The fourth-order valence-corrected chi connectivity index (χ4v) is 4.92. The maximum Gasteiger partial charge on any atom is 0.166 e. The first-order valence-electron chi connectivity index (χ1n) is 10.2. The number of methoxy groups -OCH3 is 1. The van der Waals surface area contributed by atoms with E-state index in [2.05, 4.69) is 17.5 Å². The molecule has 154 valence electrons. The Hall–Kier alpha value is -2.37. The van der Waals surface area contributed by atoms with Gasteiger partial charge in [-0.15, -0.1) is 0 Å². The van der Waals surface area contributed by atoms with Crippen molar-refractivity contribution in [2.45, 2.75) is 49.9 Å². The number of aliphatic hydroxyl groups is 1. The first-order valence-corrected chi connectivity index (χ1v) is 10.2. The minimum absolute atomic E-state index is 0.275. The largest absolute Gasteiger partial charge is 0.493 e. The number of para-hydroxylation sites is 1. The van der Waals surface area contributed by atoms with Crippen molar-refractivity contribution in [3.63, 3.8) is 0 Å². The summed E-state index contributed by atoms with van der Waals surface area (Å²) in [6.45, 7) is 4.90. The molecule has 2 bridgehead atoms. The van der Waals surface area contributed by atoms with E-state index in [4.69, 9.17) is 9.47 Å².